The summed E-state index contributed by atoms with van der Waals surface area (Å²) in [5.74, 6) is 0.671. The molecule has 0 bridgehead atoms. The first-order valence-corrected chi connectivity index (χ1v) is 6.37. The van der Waals surface area contributed by atoms with Crippen molar-refractivity contribution in [2.75, 3.05) is 20.1 Å². The van der Waals surface area contributed by atoms with Crippen LogP contribution in [0.25, 0.3) is 0 Å². The zero-order valence-electron chi connectivity index (χ0n) is 9.49. The molecule has 1 aromatic heterocycles. The molecule has 4 heteroatoms. The van der Waals surface area contributed by atoms with Crippen LogP contribution in [0.5, 0.6) is 0 Å². The van der Waals surface area contributed by atoms with Crippen LogP contribution in [-0.4, -0.2) is 30.0 Å². The Hall–Kier alpha value is -0.450. The van der Waals surface area contributed by atoms with Crippen LogP contribution < -0.4 is 5.73 Å². The number of nitrogens with zero attached hydrogens (tertiary/aromatic N) is 2. The van der Waals surface area contributed by atoms with E-state index in [2.05, 4.69) is 23.9 Å². The van der Waals surface area contributed by atoms with Crippen LogP contribution in [0.2, 0.25) is 0 Å². The summed E-state index contributed by atoms with van der Waals surface area (Å²) in [5.41, 5.74) is 6.81. The Morgan fingerprint density at radius 3 is 2.67 bits per heavy atom. The lowest BCUT2D eigenvalue weighted by atomic mass is 9.98. The largest absolute Gasteiger partial charge is 0.326 e. The van der Waals surface area contributed by atoms with Gasteiger partial charge in [0, 0.05) is 17.3 Å². The van der Waals surface area contributed by atoms with Crippen LogP contribution in [0.15, 0.2) is 0 Å². The van der Waals surface area contributed by atoms with Gasteiger partial charge in [-0.3, -0.25) is 0 Å². The molecule has 1 saturated heterocycles. The number of hydrogen-bond donors (Lipinski definition) is 1. The average molecular weight is 225 g/mol. The molecule has 2 N–H and O–H groups in total. The minimum Gasteiger partial charge on any atom is -0.326 e. The maximum atomic E-state index is 5.68. The summed E-state index contributed by atoms with van der Waals surface area (Å²) in [6, 6.07) is 0. The summed E-state index contributed by atoms with van der Waals surface area (Å²) in [5, 5.41) is 1.31. The fraction of sp³-hybridized carbons (Fsp3) is 0.727. The Morgan fingerprint density at radius 2 is 2.13 bits per heavy atom. The molecule has 2 heterocycles. The van der Waals surface area contributed by atoms with Gasteiger partial charge in [0.1, 0.15) is 0 Å². The zero-order chi connectivity index (χ0) is 10.8. The monoisotopic (exact) mass is 225 g/mol. The summed E-state index contributed by atoms with van der Waals surface area (Å²) in [6.07, 6.45) is 2.49. The predicted octanol–water partition coefficient (Wildman–Crippen LogP) is 1.72. The highest BCUT2D eigenvalue weighted by Gasteiger charge is 2.21. The van der Waals surface area contributed by atoms with E-state index in [1.165, 1.54) is 35.8 Å². The number of aryl methyl sites for hydroxylation is 1. The van der Waals surface area contributed by atoms with Gasteiger partial charge in [-0.25, -0.2) is 4.98 Å². The second-order valence-electron chi connectivity index (χ2n) is 4.34. The van der Waals surface area contributed by atoms with E-state index < -0.39 is 0 Å². The quantitative estimate of drug-likeness (QED) is 0.833. The number of nitrogens with two attached hydrogens (primary N) is 1. The zero-order valence-corrected chi connectivity index (χ0v) is 10.3. The molecule has 0 aliphatic carbocycles. The van der Waals surface area contributed by atoms with Gasteiger partial charge in [0.15, 0.2) is 0 Å². The van der Waals surface area contributed by atoms with E-state index in [1.807, 2.05) is 11.3 Å². The minimum atomic E-state index is 0.635. The highest BCUT2D eigenvalue weighted by Crippen LogP contribution is 2.31. The summed E-state index contributed by atoms with van der Waals surface area (Å²) in [4.78, 5) is 8.29. The maximum absolute atomic E-state index is 5.68. The van der Waals surface area contributed by atoms with E-state index in [-0.39, 0.29) is 0 Å². The molecule has 0 saturated carbocycles. The fourth-order valence-corrected chi connectivity index (χ4v) is 3.18. The van der Waals surface area contributed by atoms with E-state index >= 15 is 0 Å². The molecule has 0 unspecified atom stereocenters. The normalized spacial score (nSPS) is 19.7. The molecule has 84 valence electrons. The highest BCUT2D eigenvalue weighted by molar-refractivity contribution is 7.11. The number of rotatable bonds is 2. The topological polar surface area (TPSA) is 42.2 Å². The molecule has 0 aromatic carbocycles. The molecule has 3 nitrogen and oxygen atoms in total. The predicted molar refractivity (Wildman–Crippen MR) is 64.2 cm³/mol. The summed E-state index contributed by atoms with van der Waals surface area (Å²) < 4.78 is 0. The number of thiazole rings is 1. The van der Waals surface area contributed by atoms with E-state index in [4.69, 9.17) is 5.73 Å². The van der Waals surface area contributed by atoms with Crippen LogP contribution in [-0.2, 0) is 6.54 Å². The molecule has 0 spiro atoms. The first-order chi connectivity index (χ1) is 7.20. The Labute approximate surface area is 95.3 Å². The van der Waals surface area contributed by atoms with Gasteiger partial charge in [0.05, 0.1) is 10.7 Å². The molecule has 2 rings (SSSR count). The van der Waals surface area contributed by atoms with Crippen molar-refractivity contribution in [3.8, 4) is 0 Å². The molecule has 1 aliphatic rings. The van der Waals surface area contributed by atoms with Crippen molar-refractivity contribution in [3.63, 3.8) is 0 Å². The fourth-order valence-electron chi connectivity index (χ4n) is 2.07. The number of piperidine rings is 1. The molecule has 1 aromatic rings. The van der Waals surface area contributed by atoms with Crippen LogP contribution >= 0.6 is 11.3 Å². The van der Waals surface area contributed by atoms with Crippen LogP contribution in [0.4, 0.5) is 0 Å². The molecule has 0 atom stereocenters. The lowest BCUT2D eigenvalue weighted by Crippen LogP contribution is -2.29. The Kier molecular flexibility index (Phi) is 3.38. The van der Waals surface area contributed by atoms with Gasteiger partial charge in [-0.15, -0.1) is 11.3 Å². The molecule has 0 radical (unpaired) electrons. The van der Waals surface area contributed by atoms with E-state index in [0.29, 0.717) is 12.5 Å². The van der Waals surface area contributed by atoms with Crippen LogP contribution in [0, 0.1) is 6.92 Å². The van der Waals surface area contributed by atoms with Crippen molar-refractivity contribution in [1.82, 2.24) is 9.88 Å². The SMILES string of the molecule is Cc1nc(C2CCN(C)CC2)sc1CN. The average Bonchev–Trinajstić information content (AvgIpc) is 2.61. The highest BCUT2D eigenvalue weighted by atomic mass is 32.1. The van der Waals surface area contributed by atoms with Crippen molar-refractivity contribution in [1.29, 1.82) is 0 Å². The number of hydrogen-bond acceptors (Lipinski definition) is 4. The van der Waals surface area contributed by atoms with Crippen molar-refractivity contribution < 1.29 is 0 Å². The van der Waals surface area contributed by atoms with E-state index in [9.17, 15) is 0 Å². The number of likely N-dealkylation sites (tertiary alicyclic amines) is 1. The number of aromatic nitrogens is 1. The molecule has 0 amide bonds. The van der Waals surface area contributed by atoms with Gasteiger partial charge in [-0.1, -0.05) is 0 Å². The first-order valence-electron chi connectivity index (χ1n) is 5.55. The van der Waals surface area contributed by atoms with Crippen molar-refractivity contribution >= 4 is 11.3 Å². The molecule has 1 fully saturated rings. The summed E-state index contributed by atoms with van der Waals surface area (Å²) in [6.45, 7) is 5.09. The molecule has 1 aliphatic heterocycles. The van der Waals surface area contributed by atoms with Gasteiger partial charge in [-0.05, 0) is 39.9 Å². The molecular formula is C11H19N3S. The van der Waals surface area contributed by atoms with Gasteiger partial charge in [-0.2, -0.15) is 0 Å². The lowest BCUT2D eigenvalue weighted by Gasteiger charge is -2.27. The lowest BCUT2D eigenvalue weighted by molar-refractivity contribution is 0.255. The third-order valence-corrected chi connectivity index (χ3v) is 4.50. The van der Waals surface area contributed by atoms with E-state index in [0.717, 1.165) is 5.69 Å². The summed E-state index contributed by atoms with van der Waals surface area (Å²) in [7, 11) is 2.19. The Bertz CT molecular complexity index is 327. The smallest absolute Gasteiger partial charge is 0.0963 e. The van der Waals surface area contributed by atoms with Gasteiger partial charge >= 0.3 is 0 Å². The van der Waals surface area contributed by atoms with Crippen LogP contribution in [0.1, 0.15) is 34.3 Å². The maximum Gasteiger partial charge on any atom is 0.0963 e. The van der Waals surface area contributed by atoms with Crippen molar-refractivity contribution in [3.05, 3.63) is 15.6 Å². The van der Waals surface area contributed by atoms with Gasteiger partial charge in [0.25, 0.3) is 0 Å². The summed E-state index contributed by atoms with van der Waals surface area (Å²) >= 11 is 1.81. The first kappa shape index (κ1) is 11.0. The van der Waals surface area contributed by atoms with Gasteiger partial charge in [0.2, 0.25) is 0 Å². The third kappa shape index (κ3) is 2.38. The second kappa shape index (κ2) is 4.60. The van der Waals surface area contributed by atoms with Crippen LogP contribution in [0.3, 0.4) is 0 Å². The van der Waals surface area contributed by atoms with Crippen molar-refractivity contribution in [2.45, 2.75) is 32.2 Å². The molecular weight excluding hydrogens is 206 g/mol. The second-order valence-corrected chi connectivity index (χ2v) is 5.46. The molecule has 15 heavy (non-hydrogen) atoms. The minimum absolute atomic E-state index is 0.635. The third-order valence-electron chi connectivity index (χ3n) is 3.16. The Morgan fingerprint density at radius 1 is 1.47 bits per heavy atom. The standard InChI is InChI=1S/C11H19N3S/c1-8-10(7-12)15-11(13-8)9-3-5-14(2)6-4-9/h9H,3-7,12H2,1-2H3. The van der Waals surface area contributed by atoms with Gasteiger partial charge < -0.3 is 10.6 Å². The van der Waals surface area contributed by atoms with Crippen molar-refractivity contribution in [2.24, 2.45) is 5.73 Å². The Balaban J connectivity index is 2.09. The van der Waals surface area contributed by atoms with E-state index in [1.54, 1.807) is 0 Å².